The number of hydrogen-bond acceptors (Lipinski definition) is 9. The first-order chi connectivity index (χ1) is 14.3. The molecule has 11 nitrogen and oxygen atoms in total. The standard InChI is InChI=1S/C18H21N5O6S/c1-28-14(9-29-30(19,26)27)16(24)18(25)23-11-22-15-13(20-10-21-17(15)23)8-7-12-5-3-2-4-6-12/h2-8,10-11,14,16,18,24-25H,9H2,1H3,(H2,19,26,27)/b8-7+/t14-,16-,18-/m1/s1. The second-order valence-electron chi connectivity index (χ2n) is 6.28. The maximum Gasteiger partial charge on any atom is 0.333 e. The lowest BCUT2D eigenvalue weighted by Gasteiger charge is -2.25. The summed E-state index contributed by atoms with van der Waals surface area (Å²) in [6.07, 6.45) is 1.92. The molecule has 3 atom stereocenters. The number of aliphatic hydroxyl groups excluding tert-OH is 2. The summed E-state index contributed by atoms with van der Waals surface area (Å²) in [6.45, 7) is -0.583. The molecule has 0 fully saturated rings. The second-order valence-corrected chi connectivity index (χ2v) is 7.50. The Kier molecular flexibility index (Phi) is 6.87. The fourth-order valence-electron chi connectivity index (χ4n) is 2.75. The topological polar surface area (TPSA) is 163 Å². The Labute approximate surface area is 172 Å². The number of nitrogens with two attached hydrogens (primary N) is 1. The van der Waals surface area contributed by atoms with Gasteiger partial charge in [0.1, 0.15) is 24.1 Å². The Morgan fingerprint density at radius 3 is 2.57 bits per heavy atom. The summed E-state index contributed by atoms with van der Waals surface area (Å²) >= 11 is 0. The van der Waals surface area contributed by atoms with E-state index < -0.39 is 35.3 Å². The van der Waals surface area contributed by atoms with Gasteiger partial charge >= 0.3 is 10.3 Å². The first-order valence-corrected chi connectivity index (χ1v) is 10.2. The zero-order chi connectivity index (χ0) is 21.7. The molecule has 160 valence electrons. The second kappa shape index (κ2) is 9.38. The molecule has 3 rings (SSSR count). The smallest absolute Gasteiger partial charge is 0.333 e. The Bertz CT molecular complexity index is 1120. The molecule has 0 spiro atoms. The third-order valence-corrected chi connectivity index (χ3v) is 4.76. The Balaban J connectivity index is 1.85. The average molecular weight is 435 g/mol. The molecule has 30 heavy (non-hydrogen) atoms. The van der Waals surface area contributed by atoms with E-state index in [9.17, 15) is 18.6 Å². The van der Waals surface area contributed by atoms with E-state index in [4.69, 9.17) is 9.88 Å². The number of aliphatic hydroxyl groups is 2. The number of hydrogen-bond donors (Lipinski definition) is 3. The summed E-state index contributed by atoms with van der Waals surface area (Å²) in [5.74, 6) is 0. The van der Waals surface area contributed by atoms with Crippen LogP contribution >= 0.6 is 0 Å². The number of ether oxygens (including phenoxy) is 1. The maximum atomic E-state index is 11.0. The van der Waals surface area contributed by atoms with Crippen molar-refractivity contribution >= 4 is 33.6 Å². The average Bonchev–Trinajstić information content (AvgIpc) is 3.16. The van der Waals surface area contributed by atoms with E-state index in [1.165, 1.54) is 24.3 Å². The molecule has 0 saturated heterocycles. The zero-order valence-corrected chi connectivity index (χ0v) is 16.8. The van der Waals surface area contributed by atoms with E-state index in [2.05, 4.69) is 19.1 Å². The molecule has 0 unspecified atom stereocenters. The molecule has 4 N–H and O–H groups in total. The quantitative estimate of drug-likeness (QED) is 0.422. The van der Waals surface area contributed by atoms with E-state index in [0.29, 0.717) is 11.2 Å². The van der Waals surface area contributed by atoms with Crippen LogP contribution in [-0.4, -0.2) is 64.1 Å². The van der Waals surface area contributed by atoms with Gasteiger partial charge in [0.2, 0.25) is 0 Å². The molecule has 0 saturated carbocycles. The third-order valence-electron chi connectivity index (χ3n) is 4.29. The van der Waals surface area contributed by atoms with Gasteiger partial charge in [-0.3, -0.25) is 8.75 Å². The van der Waals surface area contributed by atoms with Gasteiger partial charge in [-0.15, -0.1) is 0 Å². The van der Waals surface area contributed by atoms with Crippen LogP contribution in [0.5, 0.6) is 0 Å². The Morgan fingerprint density at radius 1 is 1.17 bits per heavy atom. The van der Waals surface area contributed by atoms with Gasteiger partial charge in [-0.25, -0.2) is 20.1 Å². The minimum atomic E-state index is -4.23. The highest BCUT2D eigenvalue weighted by Gasteiger charge is 2.30. The number of fused-ring (bicyclic) bond motifs is 1. The van der Waals surface area contributed by atoms with Crippen LogP contribution in [0.3, 0.4) is 0 Å². The molecule has 0 aliphatic carbocycles. The number of imidazole rings is 1. The first-order valence-electron chi connectivity index (χ1n) is 8.77. The monoisotopic (exact) mass is 435 g/mol. The molecule has 2 aromatic heterocycles. The van der Waals surface area contributed by atoms with Gasteiger partial charge in [-0.2, -0.15) is 8.42 Å². The fourth-order valence-corrected chi connectivity index (χ4v) is 3.07. The summed E-state index contributed by atoms with van der Waals surface area (Å²) in [6, 6.07) is 9.60. The van der Waals surface area contributed by atoms with Crippen molar-refractivity contribution in [3.8, 4) is 0 Å². The number of methoxy groups -OCH3 is 1. The third kappa shape index (κ3) is 5.24. The van der Waals surface area contributed by atoms with Crippen LogP contribution in [0.25, 0.3) is 23.3 Å². The van der Waals surface area contributed by atoms with E-state index >= 15 is 0 Å². The summed E-state index contributed by atoms with van der Waals surface area (Å²) in [5, 5.41) is 25.8. The maximum absolute atomic E-state index is 11.0. The van der Waals surface area contributed by atoms with E-state index in [-0.39, 0.29) is 5.65 Å². The Morgan fingerprint density at radius 2 is 1.90 bits per heavy atom. The predicted molar refractivity (Wildman–Crippen MR) is 108 cm³/mol. The molecule has 0 radical (unpaired) electrons. The van der Waals surface area contributed by atoms with Crippen LogP contribution in [-0.2, 0) is 19.2 Å². The van der Waals surface area contributed by atoms with Crippen LogP contribution in [0.2, 0.25) is 0 Å². The molecule has 3 aromatic rings. The highest BCUT2D eigenvalue weighted by atomic mass is 32.2. The van der Waals surface area contributed by atoms with Gasteiger partial charge in [0.05, 0.1) is 18.6 Å². The molecule has 0 amide bonds. The van der Waals surface area contributed by atoms with Crippen molar-refractivity contribution in [2.75, 3.05) is 13.7 Å². The van der Waals surface area contributed by atoms with E-state index in [1.807, 2.05) is 36.4 Å². The first kappa shape index (κ1) is 22.0. The molecular weight excluding hydrogens is 414 g/mol. The van der Waals surface area contributed by atoms with Crippen molar-refractivity contribution in [3.05, 3.63) is 54.2 Å². The number of nitrogens with zero attached hydrogens (tertiary/aromatic N) is 4. The van der Waals surface area contributed by atoms with Gasteiger partial charge in [0.15, 0.2) is 11.9 Å². The summed E-state index contributed by atoms with van der Waals surface area (Å²) in [4.78, 5) is 12.6. The Hall–Kier alpha value is -2.74. The van der Waals surface area contributed by atoms with Crippen molar-refractivity contribution in [2.45, 2.75) is 18.4 Å². The lowest BCUT2D eigenvalue weighted by molar-refractivity contribution is -0.112. The zero-order valence-electron chi connectivity index (χ0n) is 15.9. The summed E-state index contributed by atoms with van der Waals surface area (Å²) in [7, 11) is -3.00. The lowest BCUT2D eigenvalue weighted by Crippen LogP contribution is -2.40. The number of rotatable bonds is 9. The normalized spacial score (nSPS) is 15.5. The van der Waals surface area contributed by atoms with E-state index in [1.54, 1.807) is 6.08 Å². The summed E-state index contributed by atoms with van der Waals surface area (Å²) in [5.41, 5.74) is 2.17. The molecular formula is C18H21N5O6S. The van der Waals surface area contributed by atoms with Gasteiger partial charge in [0, 0.05) is 7.11 Å². The highest BCUT2D eigenvalue weighted by molar-refractivity contribution is 7.84. The molecule has 0 aliphatic heterocycles. The number of aromatic nitrogens is 4. The largest absolute Gasteiger partial charge is 0.386 e. The summed E-state index contributed by atoms with van der Waals surface area (Å²) < 4.78 is 32.6. The van der Waals surface area contributed by atoms with Crippen molar-refractivity contribution < 1.29 is 27.6 Å². The van der Waals surface area contributed by atoms with Gasteiger partial charge < -0.3 is 14.9 Å². The molecule has 2 heterocycles. The fraction of sp³-hybridized carbons (Fsp3) is 0.278. The van der Waals surface area contributed by atoms with Gasteiger partial charge in [-0.05, 0) is 11.6 Å². The van der Waals surface area contributed by atoms with Crippen LogP contribution < -0.4 is 5.14 Å². The van der Waals surface area contributed by atoms with E-state index in [0.717, 1.165) is 5.56 Å². The lowest BCUT2D eigenvalue weighted by atomic mass is 10.2. The molecule has 1 aromatic carbocycles. The minimum absolute atomic E-state index is 0.270. The van der Waals surface area contributed by atoms with Crippen molar-refractivity contribution in [1.29, 1.82) is 0 Å². The predicted octanol–water partition coefficient (Wildman–Crippen LogP) is 0.0836. The highest BCUT2D eigenvalue weighted by Crippen LogP contribution is 2.22. The number of benzene rings is 1. The van der Waals surface area contributed by atoms with Crippen LogP contribution in [0.1, 0.15) is 17.5 Å². The molecule has 0 aliphatic rings. The molecule has 0 bridgehead atoms. The van der Waals surface area contributed by atoms with Crippen molar-refractivity contribution in [2.24, 2.45) is 5.14 Å². The van der Waals surface area contributed by atoms with Crippen LogP contribution in [0.15, 0.2) is 43.0 Å². The van der Waals surface area contributed by atoms with Gasteiger partial charge in [-0.1, -0.05) is 36.4 Å². The van der Waals surface area contributed by atoms with Crippen LogP contribution in [0, 0.1) is 0 Å². The minimum Gasteiger partial charge on any atom is -0.386 e. The molecule has 12 heteroatoms. The van der Waals surface area contributed by atoms with Crippen molar-refractivity contribution in [1.82, 2.24) is 19.5 Å². The van der Waals surface area contributed by atoms with Gasteiger partial charge in [0.25, 0.3) is 0 Å². The van der Waals surface area contributed by atoms with Crippen molar-refractivity contribution in [3.63, 3.8) is 0 Å². The SMILES string of the molecule is CO[C@H](COS(N)(=O)=O)[C@@H](O)[C@@H](O)n1cnc2c(/C=C/c3ccccc3)ncnc21. The van der Waals surface area contributed by atoms with Crippen LogP contribution in [0.4, 0.5) is 0 Å².